The van der Waals surface area contributed by atoms with Crippen LogP contribution in [-0.4, -0.2) is 23.1 Å². The number of non-ortho nitro benzene ring substituents is 1. The Hall–Kier alpha value is -4.20. The van der Waals surface area contributed by atoms with Gasteiger partial charge in [-0.25, -0.2) is 5.43 Å². The van der Waals surface area contributed by atoms with E-state index in [-0.39, 0.29) is 5.69 Å². The molecule has 3 aromatic rings. The average Bonchev–Trinajstić information content (AvgIpc) is 2.79. The van der Waals surface area contributed by atoms with Gasteiger partial charge >= 0.3 is 0 Å². The number of hydrazone groups is 1. The highest BCUT2D eigenvalue weighted by molar-refractivity contribution is 5.84. The average molecular weight is 419 g/mol. The number of nitrogens with zero attached hydrogens (tertiary/aromatic N) is 2. The van der Waals surface area contributed by atoms with Gasteiger partial charge in [0.2, 0.25) is 0 Å². The Bertz CT molecular complexity index is 1040. The van der Waals surface area contributed by atoms with Crippen LogP contribution in [-0.2, 0) is 11.4 Å². The molecule has 0 unspecified atom stereocenters. The minimum absolute atomic E-state index is 0.0504. The second-order valence-corrected chi connectivity index (χ2v) is 6.59. The standard InChI is InChI=1S/C23H21N3O5/c1-17(31-22-13-9-20(10-14-22)26(28)29)23(27)25-24-15-18-7-11-21(12-8-18)30-16-19-5-3-2-4-6-19/h2-15,17H,16H2,1H3,(H,25,27)/b24-15-/t17-/m0/s1. The molecular weight excluding hydrogens is 398 g/mol. The van der Waals surface area contributed by atoms with Gasteiger partial charge in [-0.2, -0.15) is 5.10 Å². The van der Waals surface area contributed by atoms with E-state index in [0.717, 1.165) is 16.9 Å². The summed E-state index contributed by atoms with van der Waals surface area (Å²) >= 11 is 0. The van der Waals surface area contributed by atoms with Gasteiger partial charge in [-0.3, -0.25) is 14.9 Å². The molecular formula is C23H21N3O5. The molecule has 3 aromatic carbocycles. The Kier molecular flexibility index (Phi) is 7.31. The summed E-state index contributed by atoms with van der Waals surface area (Å²) in [5.41, 5.74) is 4.23. The van der Waals surface area contributed by atoms with Crippen molar-refractivity contribution in [2.24, 2.45) is 5.10 Å². The number of amides is 1. The first kappa shape index (κ1) is 21.5. The predicted molar refractivity (Wildman–Crippen MR) is 116 cm³/mol. The van der Waals surface area contributed by atoms with E-state index in [1.807, 2.05) is 54.6 Å². The van der Waals surface area contributed by atoms with Crippen molar-refractivity contribution in [2.75, 3.05) is 0 Å². The van der Waals surface area contributed by atoms with Gasteiger partial charge < -0.3 is 9.47 Å². The summed E-state index contributed by atoms with van der Waals surface area (Å²) in [5, 5.41) is 14.6. The summed E-state index contributed by atoms with van der Waals surface area (Å²) in [6, 6.07) is 22.7. The lowest BCUT2D eigenvalue weighted by Crippen LogP contribution is -2.33. The number of hydrogen-bond acceptors (Lipinski definition) is 6. The van der Waals surface area contributed by atoms with E-state index in [2.05, 4.69) is 10.5 Å². The number of benzene rings is 3. The summed E-state index contributed by atoms with van der Waals surface area (Å²) in [6.45, 7) is 2.04. The van der Waals surface area contributed by atoms with Gasteiger partial charge in [0.15, 0.2) is 6.10 Å². The second-order valence-electron chi connectivity index (χ2n) is 6.59. The number of hydrogen-bond donors (Lipinski definition) is 1. The lowest BCUT2D eigenvalue weighted by Gasteiger charge is -2.12. The van der Waals surface area contributed by atoms with Gasteiger partial charge in [0.25, 0.3) is 11.6 Å². The Labute approximate surface area is 179 Å². The van der Waals surface area contributed by atoms with Crippen molar-refractivity contribution in [3.8, 4) is 11.5 Å². The minimum atomic E-state index is -0.827. The van der Waals surface area contributed by atoms with Crippen molar-refractivity contribution in [3.63, 3.8) is 0 Å². The number of ether oxygens (including phenoxy) is 2. The molecule has 0 saturated heterocycles. The summed E-state index contributed by atoms with van der Waals surface area (Å²) in [4.78, 5) is 22.3. The summed E-state index contributed by atoms with van der Waals surface area (Å²) in [7, 11) is 0. The highest BCUT2D eigenvalue weighted by atomic mass is 16.6. The molecule has 0 fully saturated rings. The van der Waals surface area contributed by atoms with Gasteiger partial charge in [0.05, 0.1) is 11.1 Å². The van der Waals surface area contributed by atoms with Crippen LogP contribution in [0.1, 0.15) is 18.1 Å². The predicted octanol–water partition coefficient (Wildman–Crippen LogP) is 4.09. The Balaban J connectivity index is 1.45. The van der Waals surface area contributed by atoms with Crippen molar-refractivity contribution in [3.05, 3.63) is 100 Å². The first-order valence-corrected chi connectivity index (χ1v) is 9.52. The van der Waals surface area contributed by atoms with Crippen molar-refractivity contribution >= 4 is 17.8 Å². The quantitative estimate of drug-likeness (QED) is 0.320. The Morgan fingerprint density at radius 1 is 1.03 bits per heavy atom. The smallest absolute Gasteiger partial charge is 0.280 e. The molecule has 8 heteroatoms. The Morgan fingerprint density at radius 2 is 1.68 bits per heavy atom. The molecule has 158 valence electrons. The van der Waals surface area contributed by atoms with Crippen LogP contribution >= 0.6 is 0 Å². The zero-order valence-electron chi connectivity index (χ0n) is 16.8. The monoisotopic (exact) mass is 419 g/mol. The molecule has 1 amide bonds. The summed E-state index contributed by atoms with van der Waals surface area (Å²) in [6.07, 6.45) is 0.685. The lowest BCUT2D eigenvalue weighted by atomic mass is 10.2. The van der Waals surface area contributed by atoms with Crippen LogP contribution in [0.15, 0.2) is 84.0 Å². The highest BCUT2D eigenvalue weighted by Gasteiger charge is 2.14. The van der Waals surface area contributed by atoms with Crippen molar-refractivity contribution in [2.45, 2.75) is 19.6 Å². The summed E-state index contributed by atoms with van der Waals surface area (Å²) in [5.74, 6) is 0.635. The fourth-order valence-corrected chi connectivity index (χ4v) is 2.56. The van der Waals surface area contributed by atoms with Crippen molar-refractivity contribution in [1.82, 2.24) is 5.43 Å². The van der Waals surface area contributed by atoms with Crippen molar-refractivity contribution < 1.29 is 19.2 Å². The SMILES string of the molecule is C[C@H](Oc1ccc([N+](=O)[O-])cc1)C(=O)N/N=C\c1ccc(OCc2ccccc2)cc1. The van der Waals surface area contributed by atoms with Crippen LogP contribution in [0.25, 0.3) is 0 Å². The third kappa shape index (κ3) is 6.67. The number of nitro benzene ring substituents is 1. The molecule has 0 saturated carbocycles. The molecule has 0 aliphatic rings. The van der Waals surface area contributed by atoms with Crippen LogP contribution < -0.4 is 14.9 Å². The summed E-state index contributed by atoms with van der Waals surface area (Å²) < 4.78 is 11.2. The van der Waals surface area contributed by atoms with E-state index in [1.165, 1.54) is 30.5 Å². The number of rotatable bonds is 9. The highest BCUT2D eigenvalue weighted by Crippen LogP contribution is 2.18. The molecule has 0 spiro atoms. The van der Waals surface area contributed by atoms with E-state index in [9.17, 15) is 14.9 Å². The molecule has 0 heterocycles. The van der Waals surface area contributed by atoms with Crippen molar-refractivity contribution in [1.29, 1.82) is 0 Å². The second kappa shape index (κ2) is 10.5. The van der Waals surface area contributed by atoms with Crippen LogP contribution in [0.3, 0.4) is 0 Å². The number of nitro groups is 1. The molecule has 0 radical (unpaired) electrons. The topological polar surface area (TPSA) is 103 Å². The maximum absolute atomic E-state index is 12.1. The van der Waals surface area contributed by atoms with Gasteiger partial charge in [-0.05, 0) is 54.4 Å². The maximum atomic E-state index is 12.1. The number of carbonyl (C=O) groups is 1. The molecule has 0 aliphatic heterocycles. The third-order valence-electron chi connectivity index (χ3n) is 4.25. The van der Waals surface area contributed by atoms with Crippen LogP contribution in [0.5, 0.6) is 11.5 Å². The largest absolute Gasteiger partial charge is 0.489 e. The number of nitrogens with one attached hydrogen (secondary N) is 1. The van der Waals surface area contributed by atoms with Gasteiger partial charge in [-0.1, -0.05) is 30.3 Å². The fraction of sp³-hybridized carbons (Fsp3) is 0.130. The molecule has 3 rings (SSSR count). The first-order valence-electron chi connectivity index (χ1n) is 9.52. The molecule has 31 heavy (non-hydrogen) atoms. The lowest BCUT2D eigenvalue weighted by molar-refractivity contribution is -0.384. The Morgan fingerprint density at radius 3 is 2.32 bits per heavy atom. The van der Waals surface area contributed by atoms with E-state index in [4.69, 9.17) is 9.47 Å². The van der Waals surface area contributed by atoms with E-state index in [1.54, 1.807) is 6.92 Å². The zero-order valence-corrected chi connectivity index (χ0v) is 16.8. The van der Waals surface area contributed by atoms with E-state index in [0.29, 0.717) is 12.4 Å². The van der Waals surface area contributed by atoms with Crippen LogP contribution in [0.4, 0.5) is 5.69 Å². The molecule has 0 bridgehead atoms. The maximum Gasteiger partial charge on any atom is 0.280 e. The van der Waals surface area contributed by atoms with Gasteiger partial charge in [0, 0.05) is 12.1 Å². The molecule has 8 nitrogen and oxygen atoms in total. The molecule has 0 aromatic heterocycles. The third-order valence-corrected chi connectivity index (χ3v) is 4.25. The molecule has 1 N–H and O–H groups in total. The molecule has 1 atom stereocenters. The van der Waals surface area contributed by atoms with Crippen LogP contribution in [0, 0.1) is 10.1 Å². The molecule has 0 aliphatic carbocycles. The minimum Gasteiger partial charge on any atom is -0.489 e. The van der Waals surface area contributed by atoms with E-state index >= 15 is 0 Å². The van der Waals surface area contributed by atoms with Crippen LogP contribution in [0.2, 0.25) is 0 Å². The van der Waals surface area contributed by atoms with Gasteiger partial charge in [-0.15, -0.1) is 0 Å². The fourth-order valence-electron chi connectivity index (χ4n) is 2.56. The number of carbonyl (C=O) groups excluding carboxylic acids is 1. The van der Waals surface area contributed by atoms with Gasteiger partial charge in [0.1, 0.15) is 18.1 Å². The van der Waals surface area contributed by atoms with E-state index < -0.39 is 16.9 Å². The zero-order chi connectivity index (χ0) is 22.1. The first-order chi connectivity index (χ1) is 15.0. The normalized spacial score (nSPS) is 11.6.